The molecule has 6 heteroatoms. The number of aryl methyl sites for hydroxylation is 1. The van der Waals surface area contributed by atoms with Gasteiger partial charge in [-0.05, 0) is 37.1 Å². The van der Waals surface area contributed by atoms with E-state index in [1.54, 1.807) is 6.07 Å². The van der Waals surface area contributed by atoms with E-state index in [-0.39, 0.29) is 0 Å². The van der Waals surface area contributed by atoms with Crippen LogP contribution in [0.5, 0.6) is 0 Å². The molecule has 0 aliphatic carbocycles. The van der Waals surface area contributed by atoms with Gasteiger partial charge < -0.3 is 15.7 Å². The Kier molecular flexibility index (Phi) is 6.51. The van der Waals surface area contributed by atoms with Gasteiger partial charge in [0, 0.05) is 10.2 Å². The second-order valence-electron chi connectivity index (χ2n) is 4.65. The minimum Gasteiger partial charge on any atom is -0.480 e. The van der Waals surface area contributed by atoms with Crippen LogP contribution in [-0.2, 0) is 4.79 Å². The molecule has 1 aromatic carbocycles. The Labute approximate surface area is 126 Å². The highest BCUT2D eigenvalue weighted by Gasteiger charge is 2.19. The molecule has 20 heavy (non-hydrogen) atoms. The van der Waals surface area contributed by atoms with Gasteiger partial charge in [0.25, 0.3) is 0 Å². The van der Waals surface area contributed by atoms with Crippen molar-refractivity contribution in [2.24, 2.45) is 0 Å². The predicted octanol–water partition coefficient (Wildman–Crippen LogP) is 3.52. The molecule has 0 unspecified atom stereocenters. The fourth-order valence-electron chi connectivity index (χ4n) is 1.80. The summed E-state index contributed by atoms with van der Waals surface area (Å²) in [6.07, 6.45) is 2.07. The van der Waals surface area contributed by atoms with Crippen molar-refractivity contribution in [3.63, 3.8) is 0 Å². The molecule has 5 nitrogen and oxygen atoms in total. The quantitative estimate of drug-likeness (QED) is 0.739. The van der Waals surface area contributed by atoms with E-state index in [9.17, 15) is 9.59 Å². The highest BCUT2D eigenvalue weighted by Crippen LogP contribution is 2.19. The first-order valence-electron chi connectivity index (χ1n) is 6.50. The van der Waals surface area contributed by atoms with Gasteiger partial charge in [-0.15, -0.1) is 0 Å². The van der Waals surface area contributed by atoms with Crippen molar-refractivity contribution in [1.82, 2.24) is 5.32 Å². The van der Waals surface area contributed by atoms with E-state index < -0.39 is 18.0 Å². The second-order valence-corrected chi connectivity index (χ2v) is 5.56. The molecule has 0 fully saturated rings. The summed E-state index contributed by atoms with van der Waals surface area (Å²) in [7, 11) is 0. The summed E-state index contributed by atoms with van der Waals surface area (Å²) in [6, 6.07) is 4.12. The van der Waals surface area contributed by atoms with Crippen LogP contribution in [0, 0.1) is 6.92 Å². The highest BCUT2D eigenvalue weighted by molar-refractivity contribution is 9.10. The molecule has 0 aliphatic heterocycles. The lowest BCUT2D eigenvalue weighted by Gasteiger charge is -2.15. The zero-order valence-corrected chi connectivity index (χ0v) is 13.2. The first kappa shape index (κ1) is 16.5. The van der Waals surface area contributed by atoms with Gasteiger partial charge in [0.1, 0.15) is 6.04 Å². The first-order valence-corrected chi connectivity index (χ1v) is 7.29. The minimum absolute atomic E-state index is 0.427. The summed E-state index contributed by atoms with van der Waals surface area (Å²) < 4.78 is 0.855. The monoisotopic (exact) mass is 342 g/mol. The van der Waals surface area contributed by atoms with Crippen LogP contribution in [0.4, 0.5) is 10.5 Å². The predicted molar refractivity (Wildman–Crippen MR) is 82.0 cm³/mol. The number of nitrogens with one attached hydrogen (secondary N) is 2. The van der Waals surface area contributed by atoms with Crippen LogP contribution < -0.4 is 10.6 Å². The molecule has 0 spiro atoms. The van der Waals surface area contributed by atoms with Gasteiger partial charge in [0.2, 0.25) is 0 Å². The lowest BCUT2D eigenvalue weighted by atomic mass is 10.1. The molecule has 0 saturated heterocycles. The summed E-state index contributed by atoms with van der Waals surface area (Å²) in [5.41, 5.74) is 1.62. The van der Waals surface area contributed by atoms with Crippen LogP contribution in [0.3, 0.4) is 0 Å². The molecular formula is C14H19BrN2O3. The van der Waals surface area contributed by atoms with Crippen LogP contribution in [0.2, 0.25) is 0 Å². The Bertz CT molecular complexity index is 471. The SMILES string of the molecule is CCCC[C@H](NC(=O)Nc1cc(C)cc(Br)c1)C(=O)O. The molecule has 0 saturated carbocycles. The zero-order valence-electron chi connectivity index (χ0n) is 11.6. The van der Waals surface area contributed by atoms with Crippen LogP contribution in [0.15, 0.2) is 22.7 Å². The Hall–Kier alpha value is -1.56. The molecule has 0 aliphatic rings. The van der Waals surface area contributed by atoms with Gasteiger partial charge in [-0.3, -0.25) is 0 Å². The number of hydrogen-bond acceptors (Lipinski definition) is 2. The Morgan fingerprint density at radius 2 is 2.05 bits per heavy atom. The van der Waals surface area contributed by atoms with Crippen molar-refractivity contribution in [3.8, 4) is 0 Å². The van der Waals surface area contributed by atoms with Crippen molar-refractivity contribution in [1.29, 1.82) is 0 Å². The Morgan fingerprint density at radius 3 is 2.60 bits per heavy atom. The lowest BCUT2D eigenvalue weighted by molar-refractivity contribution is -0.139. The molecule has 0 radical (unpaired) electrons. The van der Waals surface area contributed by atoms with Crippen molar-refractivity contribution in [2.75, 3.05) is 5.32 Å². The van der Waals surface area contributed by atoms with E-state index in [4.69, 9.17) is 5.11 Å². The van der Waals surface area contributed by atoms with Gasteiger partial charge in [0.05, 0.1) is 0 Å². The maximum Gasteiger partial charge on any atom is 0.326 e. The van der Waals surface area contributed by atoms with E-state index in [1.165, 1.54) is 0 Å². The van der Waals surface area contributed by atoms with Gasteiger partial charge in [-0.25, -0.2) is 9.59 Å². The first-order chi connectivity index (χ1) is 9.42. The van der Waals surface area contributed by atoms with E-state index in [1.807, 2.05) is 26.0 Å². The summed E-state index contributed by atoms with van der Waals surface area (Å²) in [5.74, 6) is -1.01. The van der Waals surface area contributed by atoms with E-state index in [2.05, 4.69) is 26.6 Å². The topological polar surface area (TPSA) is 78.4 Å². The molecule has 2 amide bonds. The van der Waals surface area contributed by atoms with Crippen molar-refractivity contribution >= 4 is 33.6 Å². The molecular weight excluding hydrogens is 324 g/mol. The third kappa shape index (κ3) is 5.61. The molecule has 110 valence electrons. The molecule has 0 aromatic heterocycles. The molecule has 0 heterocycles. The highest BCUT2D eigenvalue weighted by atomic mass is 79.9. The van der Waals surface area contributed by atoms with Crippen LogP contribution in [0.1, 0.15) is 31.7 Å². The van der Waals surface area contributed by atoms with E-state index in [0.29, 0.717) is 12.1 Å². The number of anilines is 1. The number of rotatable bonds is 6. The number of unbranched alkanes of at least 4 members (excludes halogenated alkanes) is 1. The number of carbonyl (C=O) groups is 2. The van der Waals surface area contributed by atoms with Crippen molar-refractivity contribution in [2.45, 2.75) is 39.2 Å². The summed E-state index contributed by atoms with van der Waals surface area (Å²) in [5, 5.41) is 14.2. The number of carboxylic acids is 1. The zero-order chi connectivity index (χ0) is 15.1. The average molecular weight is 343 g/mol. The van der Waals surface area contributed by atoms with Crippen molar-refractivity contribution < 1.29 is 14.7 Å². The number of urea groups is 1. The number of amides is 2. The normalized spacial score (nSPS) is 11.8. The van der Waals surface area contributed by atoms with E-state index in [0.717, 1.165) is 22.9 Å². The number of carboxylic acid groups (broad SMARTS) is 1. The summed E-state index contributed by atoms with van der Waals surface area (Å²) in [4.78, 5) is 22.9. The summed E-state index contributed by atoms with van der Waals surface area (Å²) >= 11 is 3.35. The third-order valence-electron chi connectivity index (χ3n) is 2.75. The van der Waals surface area contributed by atoms with Gasteiger partial charge in [0.15, 0.2) is 0 Å². The maximum absolute atomic E-state index is 11.8. The molecule has 1 atom stereocenters. The standard InChI is InChI=1S/C14H19BrN2O3/c1-3-4-5-12(13(18)19)17-14(20)16-11-7-9(2)6-10(15)8-11/h6-8,12H,3-5H2,1-2H3,(H,18,19)(H2,16,17,20)/t12-/m0/s1. The van der Waals surface area contributed by atoms with Crippen LogP contribution in [-0.4, -0.2) is 23.1 Å². The number of aliphatic carboxylic acids is 1. The van der Waals surface area contributed by atoms with Gasteiger partial charge in [-0.1, -0.05) is 35.7 Å². The Balaban J connectivity index is 2.63. The van der Waals surface area contributed by atoms with Crippen molar-refractivity contribution in [3.05, 3.63) is 28.2 Å². The third-order valence-corrected chi connectivity index (χ3v) is 3.21. The van der Waals surface area contributed by atoms with Gasteiger partial charge in [-0.2, -0.15) is 0 Å². The smallest absolute Gasteiger partial charge is 0.326 e. The fraction of sp³-hybridized carbons (Fsp3) is 0.429. The number of carbonyl (C=O) groups excluding carboxylic acids is 1. The second kappa shape index (κ2) is 7.89. The molecule has 1 aromatic rings. The molecule has 1 rings (SSSR count). The number of benzene rings is 1. The number of halogens is 1. The van der Waals surface area contributed by atoms with Crippen LogP contribution in [0.25, 0.3) is 0 Å². The number of hydrogen-bond donors (Lipinski definition) is 3. The Morgan fingerprint density at radius 1 is 1.35 bits per heavy atom. The lowest BCUT2D eigenvalue weighted by Crippen LogP contribution is -2.42. The summed E-state index contributed by atoms with van der Waals surface area (Å²) in [6.45, 7) is 3.89. The van der Waals surface area contributed by atoms with Gasteiger partial charge >= 0.3 is 12.0 Å². The van der Waals surface area contributed by atoms with Crippen LogP contribution >= 0.6 is 15.9 Å². The molecule has 0 bridgehead atoms. The average Bonchev–Trinajstić information content (AvgIpc) is 2.32. The largest absolute Gasteiger partial charge is 0.480 e. The maximum atomic E-state index is 11.8. The van der Waals surface area contributed by atoms with E-state index >= 15 is 0 Å². The minimum atomic E-state index is -1.01. The fourth-order valence-corrected chi connectivity index (χ4v) is 2.41. The molecule has 3 N–H and O–H groups in total.